The second-order valence-electron chi connectivity index (χ2n) is 6.06. The van der Waals surface area contributed by atoms with Crippen molar-refractivity contribution in [3.63, 3.8) is 0 Å². The first-order chi connectivity index (χ1) is 10.1. The number of amides is 2. The lowest BCUT2D eigenvalue weighted by Gasteiger charge is -2.31. The SMILES string of the molecule is O=C(CC1(O)CCCCC1)Nc1ccc2c(c1)C(=O)NC2. The molecule has 1 aliphatic heterocycles. The van der Waals surface area contributed by atoms with Crippen LogP contribution >= 0.6 is 0 Å². The summed E-state index contributed by atoms with van der Waals surface area (Å²) in [4.78, 5) is 23.7. The third-order valence-electron chi connectivity index (χ3n) is 4.35. The number of carbonyl (C=O) groups excluding carboxylic acids is 2. The summed E-state index contributed by atoms with van der Waals surface area (Å²) in [6.45, 7) is 0.544. The minimum Gasteiger partial charge on any atom is -0.389 e. The number of nitrogens with one attached hydrogen (secondary N) is 2. The number of aliphatic hydroxyl groups is 1. The molecule has 0 radical (unpaired) electrons. The summed E-state index contributed by atoms with van der Waals surface area (Å²) >= 11 is 0. The summed E-state index contributed by atoms with van der Waals surface area (Å²) in [5.74, 6) is -0.301. The zero-order chi connectivity index (χ0) is 14.9. The van der Waals surface area contributed by atoms with Gasteiger partial charge in [0.15, 0.2) is 0 Å². The molecule has 1 heterocycles. The van der Waals surface area contributed by atoms with E-state index in [1.54, 1.807) is 12.1 Å². The molecule has 112 valence electrons. The molecule has 0 unspecified atom stereocenters. The van der Waals surface area contributed by atoms with Crippen LogP contribution < -0.4 is 10.6 Å². The first kappa shape index (κ1) is 14.1. The van der Waals surface area contributed by atoms with Gasteiger partial charge in [-0.05, 0) is 30.5 Å². The van der Waals surface area contributed by atoms with Gasteiger partial charge in [-0.3, -0.25) is 9.59 Å². The zero-order valence-corrected chi connectivity index (χ0v) is 11.9. The Morgan fingerprint density at radius 3 is 2.81 bits per heavy atom. The average molecular weight is 288 g/mol. The van der Waals surface area contributed by atoms with Gasteiger partial charge in [0.2, 0.25) is 5.91 Å². The Morgan fingerprint density at radius 1 is 1.29 bits per heavy atom. The fourth-order valence-corrected chi connectivity index (χ4v) is 3.18. The normalized spacial score (nSPS) is 19.8. The number of anilines is 1. The maximum atomic E-state index is 12.1. The molecule has 1 aliphatic carbocycles. The number of rotatable bonds is 3. The largest absolute Gasteiger partial charge is 0.389 e. The molecule has 21 heavy (non-hydrogen) atoms. The van der Waals surface area contributed by atoms with Crippen molar-refractivity contribution in [2.45, 2.75) is 50.7 Å². The van der Waals surface area contributed by atoms with Crippen LogP contribution in [0.15, 0.2) is 18.2 Å². The fourth-order valence-electron chi connectivity index (χ4n) is 3.18. The van der Waals surface area contributed by atoms with Crippen LogP contribution in [0.4, 0.5) is 5.69 Å². The molecule has 2 aliphatic rings. The topological polar surface area (TPSA) is 78.4 Å². The van der Waals surface area contributed by atoms with E-state index >= 15 is 0 Å². The van der Waals surface area contributed by atoms with Gasteiger partial charge in [0.25, 0.3) is 5.91 Å². The van der Waals surface area contributed by atoms with E-state index in [1.807, 2.05) is 6.07 Å². The predicted molar refractivity (Wildman–Crippen MR) is 78.9 cm³/mol. The summed E-state index contributed by atoms with van der Waals surface area (Å²) in [5.41, 5.74) is 1.31. The van der Waals surface area contributed by atoms with Gasteiger partial charge < -0.3 is 15.7 Å². The van der Waals surface area contributed by atoms with Gasteiger partial charge in [0, 0.05) is 17.8 Å². The Bertz CT molecular complexity index is 577. The van der Waals surface area contributed by atoms with Crippen molar-refractivity contribution >= 4 is 17.5 Å². The highest BCUT2D eigenvalue weighted by Crippen LogP contribution is 2.31. The summed E-state index contributed by atoms with van der Waals surface area (Å²) in [7, 11) is 0. The maximum Gasteiger partial charge on any atom is 0.251 e. The molecule has 1 fully saturated rings. The number of hydrogen-bond donors (Lipinski definition) is 3. The predicted octanol–water partition coefficient (Wildman–Crippen LogP) is 1.95. The van der Waals surface area contributed by atoms with Gasteiger partial charge in [-0.25, -0.2) is 0 Å². The van der Waals surface area contributed by atoms with E-state index in [0.29, 0.717) is 30.6 Å². The molecule has 1 aromatic carbocycles. The number of carbonyl (C=O) groups is 2. The Kier molecular flexibility index (Phi) is 3.68. The Hall–Kier alpha value is -1.88. The molecular weight excluding hydrogens is 268 g/mol. The molecule has 0 spiro atoms. The molecular formula is C16H20N2O3. The molecule has 2 amide bonds. The summed E-state index contributed by atoms with van der Waals surface area (Å²) in [6, 6.07) is 5.33. The summed E-state index contributed by atoms with van der Waals surface area (Å²) < 4.78 is 0. The van der Waals surface area contributed by atoms with Crippen LogP contribution in [0.3, 0.4) is 0 Å². The second kappa shape index (κ2) is 5.48. The molecule has 0 bridgehead atoms. The van der Waals surface area contributed by atoms with Gasteiger partial charge in [-0.1, -0.05) is 25.3 Å². The standard InChI is InChI=1S/C16H20N2O3/c19-14(9-16(21)6-2-1-3-7-16)18-12-5-4-11-10-17-15(20)13(11)8-12/h4-5,8,21H,1-3,6-7,9-10H2,(H,17,20)(H,18,19). The maximum absolute atomic E-state index is 12.1. The van der Waals surface area contributed by atoms with Crippen LogP contribution in [-0.2, 0) is 11.3 Å². The van der Waals surface area contributed by atoms with Crippen LogP contribution in [0.1, 0.15) is 54.4 Å². The molecule has 5 nitrogen and oxygen atoms in total. The first-order valence-electron chi connectivity index (χ1n) is 7.49. The van der Waals surface area contributed by atoms with E-state index in [0.717, 1.165) is 24.8 Å². The fraction of sp³-hybridized carbons (Fsp3) is 0.500. The van der Waals surface area contributed by atoms with E-state index in [4.69, 9.17) is 0 Å². The number of benzene rings is 1. The van der Waals surface area contributed by atoms with Crippen molar-refractivity contribution < 1.29 is 14.7 Å². The monoisotopic (exact) mass is 288 g/mol. The second-order valence-corrected chi connectivity index (χ2v) is 6.06. The zero-order valence-electron chi connectivity index (χ0n) is 11.9. The first-order valence-corrected chi connectivity index (χ1v) is 7.49. The van der Waals surface area contributed by atoms with Gasteiger partial charge >= 0.3 is 0 Å². The van der Waals surface area contributed by atoms with Crippen LogP contribution in [0.25, 0.3) is 0 Å². The van der Waals surface area contributed by atoms with Crippen molar-refractivity contribution in [2.75, 3.05) is 5.32 Å². The van der Waals surface area contributed by atoms with Crippen molar-refractivity contribution in [3.05, 3.63) is 29.3 Å². The van der Waals surface area contributed by atoms with Gasteiger partial charge in [-0.2, -0.15) is 0 Å². The van der Waals surface area contributed by atoms with E-state index in [-0.39, 0.29) is 18.2 Å². The van der Waals surface area contributed by atoms with Crippen molar-refractivity contribution in [1.29, 1.82) is 0 Å². The Morgan fingerprint density at radius 2 is 2.05 bits per heavy atom. The lowest BCUT2D eigenvalue weighted by Crippen LogP contribution is -2.35. The molecule has 1 saturated carbocycles. The molecule has 5 heteroatoms. The molecule has 0 aromatic heterocycles. The van der Waals surface area contributed by atoms with Gasteiger partial charge in [0.1, 0.15) is 0 Å². The third kappa shape index (κ3) is 3.08. The summed E-state index contributed by atoms with van der Waals surface area (Å²) in [6.07, 6.45) is 4.58. The Labute approximate surface area is 123 Å². The van der Waals surface area contributed by atoms with E-state index in [9.17, 15) is 14.7 Å². The Balaban J connectivity index is 1.65. The van der Waals surface area contributed by atoms with E-state index in [2.05, 4.69) is 10.6 Å². The number of hydrogen-bond acceptors (Lipinski definition) is 3. The highest BCUT2D eigenvalue weighted by molar-refractivity contribution is 6.00. The highest BCUT2D eigenvalue weighted by atomic mass is 16.3. The molecule has 0 atom stereocenters. The van der Waals surface area contributed by atoms with Gasteiger partial charge in [0.05, 0.1) is 12.0 Å². The van der Waals surface area contributed by atoms with Gasteiger partial charge in [-0.15, -0.1) is 0 Å². The molecule has 1 aromatic rings. The van der Waals surface area contributed by atoms with Crippen molar-refractivity contribution in [2.24, 2.45) is 0 Å². The van der Waals surface area contributed by atoms with E-state index in [1.165, 1.54) is 0 Å². The van der Waals surface area contributed by atoms with Crippen molar-refractivity contribution in [1.82, 2.24) is 5.32 Å². The third-order valence-corrected chi connectivity index (χ3v) is 4.35. The number of fused-ring (bicyclic) bond motifs is 1. The smallest absolute Gasteiger partial charge is 0.251 e. The highest BCUT2D eigenvalue weighted by Gasteiger charge is 2.31. The van der Waals surface area contributed by atoms with Crippen LogP contribution in [-0.4, -0.2) is 22.5 Å². The van der Waals surface area contributed by atoms with Crippen LogP contribution in [0.5, 0.6) is 0 Å². The lowest BCUT2D eigenvalue weighted by atomic mass is 9.82. The molecule has 0 saturated heterocycles. The molecule has 3 N–H and O–H groups in total. The van der Waals surface area contributed by atoms with Crippen LogP contribution in [0, 0.1) is 0 Å². The van der Waals surface area contributed by atoms with E-state index < -0.39 is 5.60 Å². The van der Waals surface area contributed by atoms with Crippen molar-refractivity contribution in [3.8, 4) is 0 Å². The quantitative estimate of drug-likeness (QED) is 0.795. The molecule has 3 rings (SSSR count). The average Bonchev–Trinajstić information content (AvgIpc) is 2.80. The minimum atomic E-state index is -0.865. The minimum absolute atomic E-state index is 0.105. The lowest BCUT2D eigenvalue weighted by molar-refractivity contribution is -0.122. The summed E-state index contributed by atoms with van der Waals surface area (Å²) in [5, 5.41) is 15.9. The van der Waals surface area contributed by atoms with Crippen LogP contribution in [0.2, 0.25) is 0 Å².